The van der Waals surface area contributed by atoms with Crippen molar-refractivity contribution in [1.29, 1.82) is 0 Å². The number of hydrogen-bond acceptors (Lipinski definition) is 7. The summed E-state index contributed by atoms with van der Waals surface area (Å²) >= 11 is 5.97. The van der Waals surface area contributed by atoms with Crippen molar-refractivity contribution >= 4 is 23.5 Å². The maximum absolute atomic E-state index is 9.10. The second kappa shape index (κ2) is 7.88. The highest BCUT2D eigenvalue weighted by Crippen LogP contribution is 2.14. The van der Waals surface area contributed by atoms with Crippen molar-refractivity contribution < 1.29 is 5.21 Å². The van der Waals surface area contributed by atoms with Crippen LogP contribution in [-0.4, -0.2) is 38.4 Å². The molecule has 0 aliphatic rings. The quantitative estimate of drug-likeness (QED) is 0.675. The monoisotopic (exact) mass is 322 g/mol. The van der Waals surface area contributed by atoms with E-state index in [1.165, 1.54) is 18.9 Å². The number of nitrogens with one attached hydrogen (secondary N) is 2. The van der Waals surface area contributed by atoms with Gasteiger partial charge >= 0.3 is 0 Å². The zero-order chi connectivity index (χ0) is 15.9. The summed E-state index contributed by atoms with van der Waals surface area (Å²) in [7, 11) is 1.44. The highest BCUT2D eigenvalue weighted by Gasteiger charge is 2.07. The van der Waals surface area contributed by atoms with Crippen LogP contribution in [0.2, 0.25) is 5.02 Å². The summed E-state index contributed by atoms with van der Waals surface area (Å²) in [5, 5.41) is 13.8. The molecule has 0 radical (unpaired) electrons. The van der Waals surface area contributed by atoms with Crippen molar-refractivity contribution in [3.05, 3.63) is 41.2 Å². The molecular weight excluding hydrogens is 304 g/mol. The molecule has 22 heavy (non-hydrogen) atoms. The molecule has 0 amide bonds. The lowest BCUT2D eigenvalue weighted by atomic mass is 10.1. The van der Waals surface area contributed by atoms with Gasteiger partial charge in [-0.25, -0.2) is 9.97 Å². The molecule has 0 fully saturated rings. The minimum Gasteiger partial charge on any atom is -0.352 e. The van der Waals surface area contributed by atoms with E-state index in [0.29, 0.717) is 5.95 Å². The van der Waals surface area contributed by atoms with Gasteiger partial charge in [-0.2, -0.15) is 4.98 Å². The lowest BCUT2D eigenvalue weighted by Crippen LogP contribution is -2.23. The van der Waals surface area contributed by atoms with E-state index in [1.54, 1.807) is 0 Å². The topological polar surface area (TPSA) is 86.2 Å². The lowest BCUT2D eigenvalue weighted by Gasteiger charge is -2.15. The second-order valence-electron chi connectivity index (χ2n) is 4.98. The fourth-order valence-electron chi connectivity index (χ4n) is 1.93. The van der Waals surface area contributed by atoms with Gasteiger partial charge in [0.1, 0.15) is 6.33 Å². The van der Waals surface area contributed by atoms with Crippen molar-refractivity contribution in [2.75, 3.05) is 17.8 Å². The molecular formula is C14H19ClN6O. The van der Waals surface area contributed by atoms with E-state index in [9.17, 15) is 0 Å². The third kappa shape index (κ3) is 5.44. The van der Waals surface area contributed by atoms with Crippen LogP contribution in [0.1, 0.15) is 18.9 Å². The fourth-order valence-corrected chi connectivity index (χ4v) is 2.15. The molecule has 0 saturated carbocycles. The number of hydroxylamine groups is 1. The van der Waals surface area contributed by atoms with Gasteiger partial charge in [0.05, 0.1) is 0 Å². The van der Waals surface area contributed by atoms with Crippen LogP contribution in [0.3, 0.4) is 0 Å². The zero-order valence-electron chi connectivity index (χ0n) is 12.5. The number of halogens is 1. The maximum atomic E-state index is 9.10. The molecule has 3 N–H and O–H groups in total. The maximum Gasteiger partial charge on any atom is 0.244 e. The molecule has 118 valence electrons. The Morgan fingerprint density at radius 3 is 2.82 bits per heavy atom. The smallest absolute Gasteiger partial charge is 0.244 e. The van der Waals surface area contributed by atoms with Gasteiger partial charge in [0.15, 0.2) is 0 Å². The summed E-state index contributed by atoms with van der Waals surface area (Å²) in [5.74, 6) is 0.725. The molecule has 0 saturated heterocycles. The van der Waals surface area contributed by atoms with Gasteiger partial charge in [-0.05, 0) is 37.5 Å². The van der Waals surface area contributed by atoms with Gasteiger partial charge in [-0.1, -0.05) is 23.7 Å². The molecule has 2 rings (SSSR count). The predicted octanol–water partition coefficient (Wildman–Crippen LogP) is 2.61. The van der Waals surface area contributed by atoms with Crippen LogP contribution < -0.4 is 10.7 Å². The number of hydrogen-bond donors (Lipinski definition) is 3. The molecule has 1 unspecified atom stereocenters. The summed E-state index contributed by atoms with van der Waals surface area (Å²) in [4.78, 5) is 12.1. The van der Waals surface area contributed by atoms with E-state index < -0.39 is 0 Å². The highest BCUT2D eigenvalue weighted by molar-refractivity contribution is 6.30. The zero-order valence-corrected chi connectivity index (χ0v) is 13.2. The third-order valence-electron chi connectivity index (χ3n) is 2.96. The third-order valence-corrected chi connectivity index (χ3v) is 3.20. The largest absolute Gasteiger partial charge is 0.352 e. The summed E-state index contributed by atoms with van der Waals surface area (Å²) in [6.07, 6.45) is 3.20. The van der Waals surface area contributed by atoms with Gasteiger partial charge < -0.3 is 5.32 Å². The van der Waals surface area contributed by atoms with E-state index in [0.717, 1.165) is 23.0 Å². The molecule has 1 aromatic heterocycles. The predicted molar refractivity (Wildman–Crippen MR) is 85.9 cm³/mol. The molecule has 1 atom stereocenters. The molecule has 1 heterocycles. The SMILES string of the molecule is CC(CCc1cccc(Cl)c1)Nc1ncnc(NN(C)O)n1. The van der Waals surface area contributed by atoms with Crippen LogP contribution in [0.25, 0.3) is 0 Å². The van der Waals surface area contributed by atoms with Crippen LogP contribution in [-0.2, 0) is 6.42 Å². The standard InChI is InChI=1S/C14H19ClN6O/c1-10(6-7-11-4-3-5-12(15)8-11)18-13-16-9-17-14(19-13)20-21(2)22/h3-5,8-10,22H,6-7H2,1-2H3,(H2,16,17,18,19,20). The molecule has 0 aliphatic carbocycles. The van der Waals surface area contributed by atoms with Crippen molar-refractivity contribution in [3.8, 4) is 0 Å². The number of hydrazine groups is 1. The Kier molecular flexibility index (Phi) is 5.88. The molecule has 7 nitrogen and oxygen atoms in total. The first-order valence-corrected chi connectivity index (χ1v) is 7.30. The lowest BCUT2D eigenvalue weighted by molar-refractivity contribution is -0.0394. The Bertz CT molecular complexity index is 609. The second-order valence-corrected chi connectivity index (χ2v) is 5.42. The van der Waals surface area contributed by atoms with Crippen LogP contribution in [0.15, 0.2) is 30.6 Å². The normalized spacial score (nSPS) is 12.2. The van der Waals surface area contributed by atoms with Gasteiger partial charge in [-0.3, -0.25) is 10.6 Å². The molecule has 0 bridgehead atoms. The molecule has 0 aliphatic heterocycles. The number of anilines is 2. The van der Waals surface area contributed by atoms with E-state index >= 15 is 0 Å². The van der Waals surface area contributed by atoms with Gasteiger partial charge in [-0.15, -0.1) is 5.17 Å². The van der Waals surface area contributed by atoms with Crippen molar-refractivity contribution in [3.63, 3.8) is 0 Å². The minimum atomic E-state index is 0.182. The van der Waals surface area contributed by atoms with Crippen LogP contribution in [0, 0.1) is 0 Å². The van der Waals surface area contributed by atoms with Crippen molar-refractivity contribution in [2.45, 2.75) is 25.8 Å². The first kappa shape index (κ1) is 16.4. The molecule has 2 aromatic rings. The van der Waals surface area contributed by atoms with Gasteiger partial charge in [0.25, 0.3) is 0 Å². The van der Waals surface area contributed by atoms with E-state index in [1.807, 2.05) is 18.2 Å². The minimum absolute atomic E-state index is 0.182. The Morgan fingerprint density at radius 2 is 2.09 bits per heavy atom. The first-order chi connectivity index (χ1) is 10.5. The fraction of sp³-hybridized carbons (Fsp3) is 0.357. The number of aromatic nitrogens is 3. The summed E-state index contributed by atoms with van der Waals surface area (Å²) in [6, 6.07) is 8.02. The van der Waals surface area contributed by atoms with Crippen LogP contribution in [0.4, 0.5) is 11.9 Å². The van der Waals surface area contributed by atoms with Crippen LogP contribution >= 0.6 is 11.6 Å². The highest BCUT2D eigenvalue weighted by atomic mass is 35.5. The van der Waals surface area contributed by atoms with E-state index in [2.05, 4.69) is 38.7 Å². The Balaban J connectivity index is 1.87. The Morgan fingerprint density at radius 1 is 1.32 bits per heavy atom. The van der Waals surface area contributed by atoms with E-state index in [4.69, 9.17) is 16.8 Å². The average molecular weight is 323 g/mol. The molecule has 0 spiro atoms. The van der Waals surface area contributed by atoms with Crippen molar-refractivity contribution in [1.82, 2.24) is 20.1 Å². The van der Waals surface area contributed by atoms with E-state index in [-0.39, 0.29) is 12.0 Å². The van der Waals surface area contributed by atoms with Gasteiger partial charge in [0, 0.05) is 18.1 Å². The average Bonchev–Trinajstić information content (AvgIpc) is 2.45. The van der Waals surface area contributed by atoms with Crippen LogP contribution in [0.5, 0.6) is 0 Å². The van der Waals surface area contributed by atoms with Gasteiger partial charge in [0.2, 0.25) is 11.9 Å². The number of nitrogens with zero attached hydrogens (tertiary/aromatic N) is 4. The number of benzene rings is 1. The summed E-state index contributed by atoms with van der Waals surface area (Å²) in [6.45, 7) is 2.06. The summed E-state index contributed by atoms with van der Waals surface area (Å²) < 4.78 is 0. The Hall–Kier alpha value is -1.96. The number of rotatable bonds is 7. The summed E-state index contributed by atoms with van der Waals surface area (Å²) in [5.41, 5.74) is 3.75. The molecule has 8 heteroatoms. The van der Waals surface area contributed by atoms with Crippen molar-refractivity contribution in [2.24, 2.45) is 0 Å². The molecule has 1 aromatic carbocycles. The Labute approximate surface area is 134 Å². The number of aryl methyl sites for hydroxylation is 1. The first-order valence-electron chi connectivity index (χ1n) is 6.92.